The van der Waals surface area contributed by atoms with Gasteiger partial charge in [0.15, 0.2) is 5.78 Å². The number of ketones is 1. The summed E-state index contributed by atoms with van der Waals surface area (Å²) in [5.74, 6) is -0.318. The van der Waals surface area contributed by atoms with Gasteiger partial charge in [-0.1, -0.05) is 25.2 Å². The van der Waals surface area contributed by atoms with Crippen LogP contribution in [0.5, 0.6) is 0 Å². The van der Waals surface area contributed by atoms with Crippen molar-refractivity contribution in [2.24, 2.45) is 11.8 Å². The van der Waals surface area contributed by atoms with Crippen molar-refractivity contribution in [1.29, 1.82) is 0 Å². The highest BCUT2D eigenvalue weighted by molar-refractivity contribution is 5.94. The predicted octanol–water partition coefficient (Wildman–Crippen LogP) is 2.97. The number of hydrogen-bond donors (Lipinski definition) is 1. The zero-order chi connectivity index (χ0) is 12.7. The monoisotopic (exact) mass is 236 g/mol. The van der Waals surface area contributed by atoms with Gasteiger partial charge in [-0.2, -0.15) is 0 Å². The summed E-state index contributed by atoms with van der Waals surface area (Å²) in [5, 5.41) is 8.58. The van der Waals surface area contributed by atoms with Crippen LogP contribution in [-0.4, -0.2) is 16.9 Å². The standard InChI is InChI=1S/C14H20O3/c1-2-3-4-7-12-11(9-10-13(12)15)6-5-8-14(16)17/h3-4,9-12H,2,5-8H2,1H3,(H,16,17)/b4-3-. The van der Waals surface area contributed by atoms with Crippen molar-refractivity contribution in [2.75, 3.05) is 0 Å². The first kappa shape index (κ1) is 13.7. The number of rotatable bonds is 7. The second-order valence-electron chi connectivity index (χ2n) is 4.43. The molecule has 94 valence electrons. The smallest absolute Gasteiger partial charge is 0.303 e. The van der Waals surface area contributed by atoms with E-state index < -0.39 is 5.97 Å². The molecular formula is C14H20O3. The minimum atomic E-state index is -0.763. The highest BCUT2D eigenvalue weighted by Crippen LogP contribution is 2.30. The molecule has 0 aromatic rings. The molecule has 0 saturated carbocycles. The molecule has 0 aromatic heterocycles. The third-order valence-electron chi connectivity index (χ3n) is 3.11. The zero-order valence-corrected chi connectivity index (χ0v) is 10.3. The van der Waals surface area contributed by atoms with Gasteiger partial charge >= 0.3 is 5.97 Å². The molecule has 1 aliphatic rings. The molecule has 0 spiro atoms. The minimum Gasteiger partial charge on any atom is -0.481 e. The van der Waals surface area contributed by atoms with Crippen LogP contribution in [0, 0.1) is 11.8 Å². The molecule has 2 atom stereocenters. The lowest BCUT2D eigenvalue weighted by Crippen LogP contribution is -2.15. The fraction of sp³-hybridized carbons (Fsp3) is 0.571. The van der Waals surface area contributed by atoms with Gasteiger partial charge < -0.3 is 5.11 Å². The quantitative estimate of drug-likeness (QED) is 0.691. The molecule has 17 heavy (non-hydrogen) atoms. The maximum Gasteiger partial charge on any atom is 0.303 e. The molecule has 0 heterocycles. The molecule has 0 aliphatic heterocycles. The number of allylic oxidation sites excluding steroid dienone is 4. The average Bonchev–Trinajstić information content (AvgIpc) is 2.61. The first-order valence-electron chi connectivity index (χ1n) is 6.24. The van der Waals surface area contributed by atoms with Gasteiger partial charge in [-0.15, -0.1) is 0 Å². The first-order valence-corrected chi connectivity index (χ1v) is 6.24. The van der Waals surface area contributed by atoms with Crippen molar-refractivity contribution in [1.82, 2.24) is 0 Å². The highest BCUT2D eigenvalue weighted by Gasteiger charge is 2.28. The number of hydrogen-bond acceptors (Lipinski definition) is 2. The van der Waals surface area contributed by atoms with Crippen LogP contribution in [0.1, 0.15) is 39.0 Å². The summed E-state index contributed by atoms with van der Waals surface area (Å²) >= 11 is 0. The molecule has 1 N–H and O–H groups in total. The van der Waals surface area contributed by atoms with Gasteiger partial charge in [0.25, 0.3) is 0 Å². The maximum atomic E-state index is 11.6. The van der Waals surface area contributed by atoms with Gasteiger partial charge in [-0.25, -0.2) is 0 Å². The minimum absolute atomic E-state index is 0.0339. The van der Waals surface area contributed by atoms with Gasteiger partial charge in [0, 0.05) is 12.3 Å². The van der Waals surface area contributed by atoms with Crippen LogP contribution in [0.25, 0.3) is 0 Å². The largest absolute Gasteiger partial charge is 0.481 e. The maximum absolute atomic E-state index is 11.6. The molecule has 0 fully saturated rings. The molecule has 3 nitrogen and oxygen atoms in total. The van der Waals surface area contributed by atoms with E-state index in [0.29, 0.717) is 6.42 Å². The number of carbonyl (C=O) groups excluding carboxylic acids is 1. The molecule has 0 bridgehead atoms. The number of aliphatic carboxylic acids is 1. The van der Waals surface area contributed by atoms with Gasteiger partial charge in [0.1, 0.15) is 0 Å². The van der Waals surface area contributed by atoms with Crippen molar-refractivity contribution >= 4 is 11.8 Å². The van der Waals surface area contributed by atoms with E-state index in [2.05, 4.69) is 19.1 Å². The molecule has 0 radical (unpaired) electrons. The third kappa shape index (κ3) is 4.55. The van der Waals surface area contributed by atoms with Crippen LogP contribution in [0.15, 0.2) is 24.3 Å². The summed E-state index contributed by atoms with van der Waals surface area (Å²) in [6.07, 6.45) is 11.1. The lowest BCUT2D eigenvalue weighted by atomic mass is 9.87. The summed E-state index contributed by atoms with van der Waals surface area (Å²) in [7, 11) is 0. The van der Waals surface area contributed by atoms with Crippen molar-refractivity contribution in [2.45, 2.75) is 39.0 Å². The van der Waals surface area contributed by atoms with Gasteiger partial charge in [-0.3, -0.25) is 9.59 Å². The molecule has 0 aromatic carbocycles. The molecule has 2 unspecified atom stereocenters. The Morgan fingerprint density at radius 3 is 2.88 bits per heavy atom. The van der Waals surface area contributed by atoms with E-state index in [1.807, 2.05) is 6.08 Å². The van der Waals surface area contributed by atoms with Crippen LogP contribution in [0.4, 0.5) is 0 Å². The van der Waals surface area contributed by atoms with Gasteiger partial charge in [0.2, 0.25) is 0 Å². The first-order chi connectivity index (χ1) is 8.15. The van der Waals surface area contributed by atoms with E-state index >= 15 is 0 Å². The van der Waals surface area contributed by atoms with Crippen LogP contribution in [-0.2, 0) is 9.59 Å². The molecule has 1 rings (SSSR count). The van der Waals surface area contributed by atoms with Crippen molar-refractivity contribution in [3.63, 3.8) is 0 Å². The van der Waals surface area contributed by atoms with Crippen LogP contribution in [0.2, 0.25) is 0 Å². The summed E-state index contributed by atoms with van der Waals surface area (Å²) in [5.41, 5.74) is 0. The number of carboxylic acids is 1. The Hall–Kier alpha value is -1.38. The Morgan fingerprint density at radius 1 is 1.47 bits per heavy atom. The van der Waals surface area contributed by atoms with Crippen molar-refractivity contribution in [3.05, 3.63) is 24.3 Å². The molecular weight excluding hydrogens is 216 g/mol. The van der Waals surface area contributed by atoms with E-state index in [4.69, 9.17) is 5.11 Å². The Morgan fingerprint density at radius 2 is 2.24 bits per heavy atom. The Labute approximate surface area is 102 Å². The SMILES string of the molecule is CC/C=C\CC1C(=O)C=CC1CCCC(=O)O. The molecule has 1 aliphatic carbocycles. The number of carbonyl (C=O) groups is 2. The Kier molecular flexibility index (Phi) is 5.67. The third-order valence-corrected chi connectivity index (χ3v) is 3.11. The second-order valence-corrected chi connectivity index (χ2v) is 4.43. The van der Waals surface area contributed by atoms with Crippen molar-refractivity contribution in [3.8, 4) is 0 Å². The molecule has 0 amide bonds. The van der Waals surface area contributed by atoms with E-state index in [9.17, 15) is 9.59 Å². The highest BCUT2D eigenvalue weighted by atomic mass is 16.4. The van der Waals surface area contributed by atoms with E-state index in [0.717, 1.165) is 19.3 Å². The second kappa shape index (κ2) is 7.05. The summed E-state index contributed by atoms with van der Waals surface area (Å²) in [4.78, 5) is 22.1. The summed E-state index contributed by atoms with van der Waals surface area (Å²) in [6.45, 7) is 2.07. The Bertz CT molecular complexity index is 328. The normalized spacial score (nSPS) is 23.7. The van der Waals surface area contributed by atoms with Crippen LogP contribution < -0.4 is 0 Å². The van der Waals surface area contributed by atoms with Gasteiger partial charge in [0.05, 0.1) is 0 Å². The fourth-order valence-corrected chi connectivity index (χ4v) is 2.17. The van der Waals surface area contributed by atoms with Crippen molar-refractivity contribution < 1.29 is 14.7 Å². The molecule has 3 heteroatoms. The summed E-state index contributed by atoms with van der Waals surface area (Å²) in [6, 6.07) is 0. The number of carboxylic acid groups (broad SMARTS) is 1. The topological polar surface area (TPSA) is 54.4 Å². The van der Waals surface area contributed by atoms with Gasteiger partial charge in [-0.05, 0) is 37.7 Å². The lowest BCUT2D eigenvalue weighted by Gasteiger charge is -2.15. The zero-order valence-electron chi connectivity index (χ0n) is 10.3. The fourth-order valence-electron chi connectivity index (χ4n) is 2.17. The van der Waals surface area contributed by atoms with E-state index in [-0.39, 0.29) is 24.0 Å². The molecule has 0 saturated heterocycles. The average molecular weight is 236 g/mol. The van der Waals surface area contributed by atoms with E-state index in [1.165, 1.54) is 0 Å². The van der Waals surface area contributed by atoms with Crippen LogP contribution in [0.3, 0.4) is 0 Å². The Balaban J connectivity index is 2.41. The summed E-state index contributed by atoms with van der Waals surface area (Å²) < 4.78 is 0. The van der Waals surface area contributed by atoms with E-state index in [1.54, 1.807) is 6.08 Å². The van der Waals surface area contributed by atoms with Crippen LogP contribution >= 0.6 is 0 Å². The predicted molar refractivity (Wildman–Crippen MR) is 66.7 cm³/mol. The lowest BCUT2D eigenvalue weighted by molar-refractivity contribution is -0.137.